The maximum absolute atomic E-state index is 12.5. The SMILES string of the molecule is Cn1cc(-c2cnc3[nH]cc(C(=N)OC(=N)N=c4ccn(CCF)cc4Cl)c3c2)cn1. The van der Waals surface area contributed by atoms with Crippen molar-refractivity contribution in [1.29, 1.82) is 10.8 Å². The largest absolute Gasteiger partial charge is 0.405 e. The van der Waals surface area contributed by atoms with Gasteiger partial charge in [0.05, 0.1) is 28.7 Å². The first-order chi connectivity index (χ1) is 14.9. The number of H-pyrrole nitrogens is 1. The minimum absolute atomic E-state index is 0.175. The molecule has 0 spiro atoms. The van der Waals surface area contributed by atoms with Gasteiger partial charge in [-0.1, -0.05) is 11.6 Å². The molecule has 0 saturated heterocycles. The van der Waals surface area contributed by atoms with E-state index < -0.39 is 12.7 Å². The summed E-state index contributed by atoms with van der Waals surface area (Å²) in [5.41, 5.74) is 2.76. The number of halogens is 2. The zero-order valence-corrected chi connectivity index (χ0v) is 17.2. The number of ether oxygens (including phenoxy) is 1. The highest BCUT2D eigenvalue weighted by molar-refractivity contribution is 6.30. The van der Waals surface area contributed by atoms with Gasteiger partial charge in [0, 0.05) is 54.5 Å². The summed E-state index contributed by atoms with van der Waals surface area (Å²) in [6, 6.07) is 2.93. The third-order valence-electron chi connectivity index (χ3n) is 4.53. The molecule has 0 aliphatic rings. The van der Waals surface area contributed by atoms with E-state index in [9.17, 15) is 4.39 Å². The van der Waals surface area contributed by atoms with Crippen LogP contribution < -0.4 is 5.36 Å². The second kappa shape index (κ2) is 8.52. The van der Waals surface area contributed by atoms with Crippen molar-refractivity contribution in [1.82, 2.24) is 24.3 Å². The average Bonchev–Trinajstić information content (AvgIpc) is 3.36. The van der Waals surface area contributed by atoms with Gasteiger partial charge >= 0.3 is 6.02 Å². The summed E-state index contributed by atoms with van der Waals surface area (Å²) >= 11 is 6.14. The van der Waals surface area contributed by atoms with Crippen LogP contribution in [0.25, 0.3) is 22.2 Å². The molecule has 0 atom stereocenters. The molecule has 4 aromatic heterocycles. The van der Waals surface area contributed by atoms with Gasteiger partial charge in [0.2, 0.25) is 5.90 Å². The number of rotatable bonds is 4. The van der Waals surface area contributed by atoms with E-state index in [2.05, 4.69) is 20.1 Å². The lowest BCUT2D eigenvalue weighted by molar-refractivity contribution is 0.444. The topological polar surface area (TPSA) is 121 Å². The van der Waals surface area contributed by atoms with Crippen LogP contribution in [0.5, 0.6) is 0 Å². The molecule has 4 rings (SSSR count). The van der Waals surface area contributed by atoms with E-state index in [-0.39, 0.29) is 22.8 Å². The molecule has 4 heterocycles. The van der Waals surface area contributed by atoms with Gasteiger partial charge in [-0.25, -0.2) is 14.8 Å². The third-order valence-corrected chi connectivity index (χ3v) is 4.82. The molecule has 158 valence electrons. The van der Waals surface area contributed by atoms with Gasteiger partial charge in [0.15, 0.2) is 0 Å². The van der Waals surface area contributed by atoms with Crippen molar-refractivity contribution in [3.05, 3.63) is 65.3 Å². The van der Waals surface area contributed by atoms with Crippen molar-refractivity contribution in [2.75, 3.05) is 6.67 Å². The zero-order chi connectivity index (χ0) is 22.0. The Morgan fingerprint density at radius 2 is 2.13 bits per heavy atom. The third kappa shape index (κ3) is 4.38. The Morgan fingerprint density at radius 3 is 2.84 bits per heavy atom. The Kier molecular flexibility index (Phi) is 5.63. The van der Waals surface area contributed by atoms with Gasteiger partial charge in [-0.15, -0.1) is 0 Å². The molecule has 4 aromatic rings. The molecule has 31 heavy (non-hydrogen) atoms. The first-order valence-electron chi connectivity index (χ1n) is 9.22. The highest BCUT2D eigenvalue weighted by Crippen LogP contribution is 2.24. The standard InChI is InChI=1S/C20H18ClFN8O/c1-29-10-13(8-27-29)12-6-14-15(9-26-19(14)25-7-12)18(23)31-20(24)28-17-2-4-30(5-3-22)11-16(17)21/h2,4,6-11,23-24H,3,5H2,1H3,(H,25,26). The van der Waals surface area contributed by atoms with Crippen molar-refractivity contribution in [3.63, 3.8) is 0 Å². The maximum Gasteiger partial charge on any atom is 0.316 e. The number of pyridine rings is 2. The lowest BCUT2D eigenvalue weighted by Crippen LogP contribution is -2.15. The van der Waals surface area contributed by atoms with Crippen LogP contribution >= 0.6 is 11.6 Å². The number of hydrogen-bond donors (Lipinski definition) is 3. The van der Waals surface area contributed by atoms with E-state index in [0.717, 1.165) is 11.1 Å². The van der Waals surface area contributed by atoms with Crippen LogP contribution in [0.2, 0.25) is 5.02 Å². The molecule has 0 bridgehead atoms. The lowest BCUT2D eigenvalue weighted by atomic mass is 10.1. The number of aryl methyl sites for hydroxylation is 2. The lowest BCUT2D eigenvalue weighted by Gasteiger charge is -2.06. The number of alkyl halides is 1. The van der Waals surface area contributed by atoms with Crippen molar-refractivity contribution >= 4 is 34.6 Å². The second-order valence-corrected chi connectivity index (χ2v) is 7.09. The number of hydrogen-bond acceptors (Lipinski definition) is 5. The molecule has 11 heteroatoms. The minimum atomic E-state index is -0.518. The molecule has 3 N–H and O–H groups in total. The fourth-order valence-electron chi connectivity index (χ4n) is 3.03. The van der Waals surface area contributed by atoms with Crippen molar-refractivity contribution in [2.24, 2.45) is 12.0 Å². The van der Waals surface area contributed by atoms with Crippen LogP contribution in [0, 0.1) is 10.8 Å². The molecular weight excluding hydrogens is 423 g/mol. The zero-order valence-electron chi connectivity index (χ0n) is 16.4. The average molecular weight is 441 g/mol. The molecule has 0 amide bonds. The fraction of sp³-hybridized carbons (Fsp3) is 0.150. The Labute approximate surface area is 180 Å². The number of aromatic nitrogens is 5. The van der Waals surface area contributed by atoms with E-state index in [4.69, 9.17) is 27.2 Å². The van der Waals surface area contributed by atoms with Gasteiger partial charge < -0.3 is 14.3 Å². The predicted octanol–water partition coefficient (Wildman–Crippen LogP) is 3.27. The van der Waals surface area contributed by atoms with Crippen LogP contribution in [0.1, 0.15) is 5.56 Å². The van der Waals surface area contributed by atoms with Crippen LogP contribution in [-0.2, 0) is 18.3 Å². The van der Waals surface area contributed by atoms with Gasteiger partial charge in [0.1, 0.15) is 12.3 Å². The predicted molar refractivity (Wildman–Crippen MR) is 115 cm³/mol. The number of nitrogens with zero attached hydrogens (tertiary/aromatic N) is 5. The van der Waals surface area contributed by atoms with E-state index in [1.165, 1.54) is 6.20 Å². The van der Waals surface area contributed by atoms with E-state index in [1.807, 2.05) is 19.3 Å². The molecule has 0 aromatic carbocycles. The van der Waals surface area contributed by atoms with Gasteiger partial charge in [0.25, 0.3) is 0 Å². The summed E-state index contributed by atoms with van der Waals surface area (Å²) in [7, 11) is 1.83. The summed E-state index contributed by atoms with van der Waals surface area (Å²) in [6.07, 6.45) is 10.0. The highest BCUT2D eigenvalue weighted by atomic mass is 35.5. The smallest absolute Gasteiger partial charge is 0.316 e. The fourth-order valence-corrected chi connectivity index (χ4v) is 3.26. The molecule has 0 aliphatic heterocycles. The second-order valence-electron chi connectivity index (χ2n) is 6.68. The molecule has 0 fully saturated rings. The Hall–Kier alpha value is -3.79. The molecule has 0 radical (unpaired) electrons. The highest BCUT2D eigenvalue weighted by Gasteiger charge is 2.14. The maximum atomic E-state index is 12.5. The summed E-state index contributed by atoms with van der Waals surface area (Å²) in [6.45, 7) is -0.343. The van der Waals surface area contributed by atoms with Crippen LogP contribution in [0.15, 0.2) is 54.3 Å². The van der Waals surface area contributed by atoms with Crippen molar-refractivity contribution in [2.45, 2.75) is 6.54 Å². The first-order valence-corrected chi connectivity index (χ1v) is 9.60. The van der Waals surface area contributed by atoms with E-state index in [0.29, 0.717) is 16.6 Å². The van der Waals surface area contributed by atoms with Gasteiger partial charge in [-0.05, 0) is 12.1 Å². The molecular formula is C20H18ClFN8O. The number of aromatic amines is 1. The normalized spacial score (nSPS) is 11.8. The molecule has 0 aliphatic carbocycles. The Balaban J connectivity index is 1.57. The van der Waals surface area contributed by atoms with Gasteiger partial charge in [-0.3, -0.25) is 10.1 Å². The number of nitrogens with one attached hydrogen (secondary N) is 3. The van der Waals surface area contributed by atoms with Crippen molar-refractivity contribution < 1.29 is 9.13 Å². The number of amidine groups is 1. The summed E-state index contributed by atoms with van der Waals surface area (Å²) in [5, 5.41) is 21.6. The van der Waals surface area contributed by atoms with Crippen LogP contribution in [0.4, 0.5) is 4.39 Å². The van der Waals surface area contributed by atoms with E-state index in [1.54, 1.807) is 40.1 Å². The molecule has 0 unspecified atom stereocenters. The summed E-state index contributed by atoms with van der Waals surface area (Å²) < 4.78 is 21.0. The Morgan fingerprint density at radius 1 is 1.29 bits per heavy atom. The first kappa shape index (κ1) is 20.5. The molecule has 9 nitrogen and oxygen atoms in total. The van der Waals surface area contributed by atoms with Crippen LogP contribution in [0.3, 0.4) is 0 Å². The quantitative estimate of drug-likeness (QED) is 0.333. The van der Waals surface area contributed by atoms with Crippen LogP contribution in [-0.4, -0.2) is 42.9 Å². The van der Waals surface area contributed by atoms with Crippen molar-refractivity contribution in [3.8, 4) is 11.1 Å². The van der Waals surface area contributed by atoms with Gasteiger partial charge in [-0.2, -0.15) is 10.1 Å². The van der Waals surface area contributed by atoms with E-state index >= 15 is 0 Å². The Bertz CT molecular complexity index is 1350. The summed E-state index contributed by atoms with van der Waals surface area (Å²) in [4.78, 5) is 11.4. The summed E-state index contributed by atoms with van der Waals surface area (Å²) in [5.74, 6) is -0.260. The minimum Gasteiger partial charge on any atom is -0.405 e. The molecule has 0 saturated carbocycles. The monoisotopic (exact) mass is 440 g/mol. The number of fused-ring (bicyclic) bond motifs is 1.